The van der Waals surface area contributed by atoms with Gasteiger partial charge < -0.3 is 11.1 Å². The zero-order valence-electron chi connectivity index (χ0n) is 11.4. The van der Waals surface area contributed by atoms with Crippen LogP contribution in [0.4, 0.5) is 17.5 Å². The second-order valence-corrected chi connectivity index (χ2v) is 4.28. The lowest BCUT2D eigenvalue weighted by Gasteiger charge is -2.09. The van der Waals surface area contributed by atoms with E-state index in [0.717, 1.165) is 5.69 Å². The highest BCUT2D eigenvalue weighted by Gasteiger charge is 2.06. The van der Waals surface area contributed by atoms with Gasteiger partial charge in [0.25, 0.3) is 0 Å². The van der Waals surface area contributed by atoms with Crippen LogP contribution in [0.2, 0.25) is 0 Å². The second-order valence-electron chi connectivity index (χ2n) is 4.28. The highest BCUT2D eigenvalue weighted by Crippen LogP contribution is 2.17. The summed E-state index contributed by atoms with van der Waals surface area (Å²) in [6.07, 6.45) is 0. The molecule has 0 aliphatic heterocycles. The van der Waals surface area contributed by atoms with Crippen molar-refractivity contribution < 1.29 is 4.79 Å². The molecule has 0 saturated heterocycles. The average molecular weight is 282 g/mol. The molecule has 1 aromatic carbocycles. The number of rotatable bonds is 4. The van der Waals surface area contributed by atoms with Gasteiger partial charge in [0.05, 0.1) is 18.2 Å². The molecule has 0 radical (unpaired) electrons. The van der Waals surface area contributed by atoms with Gasteiger partial charge in [-0.3, -0.25) is 10.1 Å². The predicted molar refractivity (Wildman–Crippen MR) is 78.9 cm³/mol. The van der Waals surface area contributed by atoms with Gasteiger partial charge in [0.15, 0.2) is 0 Å². The van der Waals surface area contributed by atoms with E-state index in [2.05, 4.69) is 26.7 Å². The van der Waals surface area contributed by atoms with Gasteiger partial charge in [-0.25, -0.2) is 4.98 Å². The fourth-order valence-corrected chi connectivity index (χ4v) is 1.64. The molecule has 21 heavy (non-hydrogen) atoms. The largest absolute Gasteiger partial charge is 0.340 e. The molecule has 1 heterocycles. The molecule has 7 nitrogen and oxygen atoms in total. The van der Waals surface area contributed by atoms with Crippen LogP contribution in [-0.2, 0) is 4.79 Å². The van der Waals surface area contributed by atoms with Gasteiger partial charge in [-0.2, -0.15) is 10.2 Å². The maximum absolute atomic E-state index is 11.3. The number of carbonyl (C=O) groups is 1. The van der Waals surface area contributed by atoms with Crippen LogP contribution in [0.3, 0.4) is 0 Å². The van der Waals surface area contributed by atoms with Crippen LogP contribution in [-0.4, -0.2) is 22.4 Å². The molecule has 106 valence electrons. The molecule has 0 bridgehead atoms. The van der Waals surface area contributed by atoms with E-state index in [1.54, 1.807) is 37.3 Å². The number of nitrogens with one attached hydrogen (secondary N) is 2. The number of nitriles is 1. The summed E-state index contributed by atoms with van der Waals surface area (Å²) in [6.45, 7) is 1.67. The lowest BCUT2D eigenvalue weighted by molar-refractivity contribution is -0.114. The Morgan fingerprint density at radius 1 is 1.33 bits per heavy atom. The number of hydrogen-bond donors (Lipinski definition) is 3. The van der Waals surface area contributed by atoms with E-state index in [0.29, 0.717) is 17.1 Å². The number of aromatic nitrogens is 2. The fraction of sp³-hybridized carbons (Fsp3) is 0.143. The van der Waals surface area contributed by atoms with Crippen LogP contribution >= 0.6 is 0 Å². The molecule has 2 rings (SSSR count). The number of carbonyl (C=O) groups excluding carboxylic acids is 1. The summed E-state index contributed by atoms with van der Waals surface area (Å²) in [6, 6.07) is 10.7. The highest BCUT2D eigenvalue weighted by molar-refractivity contribution is 5.90. The van der Waals surface area contributed by atoms with E-state index in [-0.39, 0.29) is 18.4 Å². The Morgan fingerprint density at radius 3 is 2.67 bits per heavy atom. The van der Waals surface area contributed by atoms with Crippen LogP contribution in [0.5, 0.6) is 0 Å². The van der Waals surface area contributed by atoms with Crippen LogP contribution in [0.25, 0.3) is 0 Å². The van der Waals surface area contributed by atoms with Gasteiger partial charge in [0, 0.05) is 17.4 Å². The van der Waals surface area contributed by atoms with Gasteiger partial charge in [0.1, 0.15) is 5.82 Å². The highest BCUT2D eigenvalue weighted by atomic mass is 16.1. The zero-order valence-corrected chi connectivity index (χ0v) is 11.4. The Kier molecular flexibility index (Phi) is 4.43. The molecule has 0 aliphatic rings. The first-order valence-electron chi connectivity index (χ1n) is 6.23. The van der Waals surface area contributed by atoms with E-state index >= 15 is 0 Å². The predicted octanol–water partition coefficient (Wildman–Crippen LogP) is 1.30. The molecule has 1 aromatic heterocycles. The minimum Gasteiger partial charge on any atom is -0.340 e. The van der Waals surface area contributed by atoms with Crippen molar-refractivity contribution in [3.63, 3.8) is 0 Å². The number of aryl methyl sites for hydroxylation is 1. The number of anilines is 3. The molecule has 7 heteroatoms. The molecular weight excluding hydrogens is 268 g/mol. The summed E-state index contributed by atoms with van der Waals surface area (Å²) < 4.78 is 0. The maximum Gasteiger partial charge on any atom is 0.240 e. The molecule has 0 unspecified atom stereocenters. The van der Waals surface area contributed by atoms with Crippen molar-refractivity contribution in [2.75, 3.05) is 17.2 Å². The second kappa shape index (κ2) is 6.45. The number of hydrogen-bond acceptors (Lipinski definition) is 6. The van der Waals surface area contributed by atoms with E-state index in [1.807, 2.05) is 0 Å². The molecule has 0 saturated carbocycles. The Hall–Kier alpha value is -2.98. The van der Waals surface area contributed by atoms with Gasteiger partial charge in [-0.15, -0.1) is 0 Å². The number of nitrogens with two attached hydrogens (primary N) is 1. The monoisotopic (exact) mass is 282 g/mol. The van der Waals surface area contributed by atoms with Crippen LogP contribution in [0.1, 0.15) is 11.3 Å². The zero-order chi connectivity index (χ0) is 15.2. The topological polar surface area (TPSA) is 117 Å². The SMILES string of the molecule is Cc1cc(Nc2ccc(C#N)cc2)nc(NC(=O)CN)n1. The van der Waals surface area contributed by atoms with Gasteiger partial charge in [-0.05, 0) is 31.2 Å². The van der Waals surface area contributed by atoms with E-state index in [4.69, 9.17) is 11.0 Å². The maximum atomic E-state index is 11.3. The normalized spacial score (nSPS) is 9.76. The number of amides is 1. The van der Waals surface area contributed by atoms with Gasteiger partial charge >= 0.3 is 0 Å². The minimum atomic E-state index is -0.357. The number of benzene rings is 1. The van der Waals surface area contributed by atoms with Crippen molar-refractivity contribution in [2.45, 2.75) is 6.92 Å². The minimum absolute atomic E-state index is 0.129. The third kappa shape index (κ3) is 3.99. The fourth-order valence-electron chi connectivity index (χ4n) is 1.64. The quantitative estimate of drug-likeness (QED) is 0.778. The van der Waals surface area contributed by atoms with Crippen molar-refractivity contribution in [2.24, 2.45) is 5.73 Å². The molecular formula is C14H14N6O. The summed E-state index contributed by atoms with van der Waals surface area (Å²) in [5, 5.41) is 14.3. The molecule has 4 N–H and O–H groups in total. The summed E-state index contributed by atoms with van der Waals surface area (Å²) in [4.78, 5) is 19.6. The van der Waals surface area contributed by atoms with E-state index in [9.17, 15) is 4.79 Å². The summed E-state index contributed by atoms with van der Waals surface area (Å²) in [5.41, 5.74) is 7.30. The van der Waals surface area contributed by atoms with Crippen molar-refractivity contribution in [3.8, 4) is 6.07 Å². The average Bonchev–Trinajstić information content (AvgIpc) is 2.47. The van der Waals surface area contributed by atoms with Gasteiger partial charge in [-0.1, -0.05) is 0 Å². The van der Waals surface area contributed by atoms with Crippen molar-refractivity contribution in [1.29, 1.82) is 5.26 Å². The lowest BCUT2D eigenvalue weighted by Crippen LogP contribution is -2.23. The molecule has 1 amide bonds. The van der Waals surface area contributed by atoms with Crippen LogP contribution < -0.4 is 16.4 Å². The number of nitrogens with zero attached hydrogens (tertiary/aromatic N) is 3. The smallest absolute Gasteiger partial charge is 0.240 e. The van der Waals surface area contributed by atoms with Crippen molar-refractivity contribution >= 4 is 23.4 Å². The first-order valence-corrected chi connectivity index (χ1v) is 6.23. The van der Waals surface area contributed by atoms with Crippen LogP contribution in [0.15, 0.2) is 30.3 Å². The summed E-state index contributed by atoms with van der Waals surface area (Å²) >= 11 is 0. The molecule has 0 spiro atoms. The van der Waals surface area contributed by atoms with Crippen molar-refractivity contribution in [1.82, 2.24) is 9.97 Å². The third-order valence-corrected chi connectivity index (χ3v) is 2.58. The Balaban J connectivity index is 2.19. The Labute approximate surface area is 121 Å². The molecule has 0 fully saturated rings. The first-order chi connectivity index (χ1) is 10.1. The van der Waals surface area contributed by atoms with Gasteiger partial charge in [0.2, 0.25) is 11.9 Å². The molecule has 0 aliphatic carbocycles. The van der Waals surface area contributed by atoms with E-state index < -0.39 is 0 Å². The summed E-state index contributed by atoms with van der Waals surface area (Å²) in [7, 11) is 0. The van der Waals surface area contributed by atoms with E-state index in [1.165, 1.54) is 0 Å². The summed E-state index contributed by atoms with van der Waals surface area (Å²) in [5.74, 6) is 0.381. The molecule has 2 aromatic rings. The van der Waals surface area contributed by atoms with Crippen molar-refractivity contribution in [3.05, 3.63) is 41.6 Å². The first kappa shape index (κ1) is 14.4. The lowest BCUT2D eigenvalue weighted by atomic mass is 10.2. The van der Waals surface area contributed by atoms with Crippen LogP contribution in [0, 0.1) is 18.3 Å². The third-order valence-electron chi connectivity index (χ3n) is 2.58. The Morgan fingerprint density at radius 2 is 2.05 bits per heavy atom. The Bertz CT molecular complexity index is 690. The standard InChI is InChI=1S/C14H14N6O/c1-9-6-12(19-14(17-9)20-13(21)8-16)18-11-4-2-10(7-15)3-5-11/h2-6H,8,16H2,1H3,(H2,17,18,19,20,21). The molecule has 0 atom stereocenters.